The molecule has 1 unspecified atom stereocenters. The first-order valence-electron chi connectivity index (χ1n) is 4.40. The summed E-state index contributed by atoms with van der Waals surface area (Å²) < 4.78 is 5.27. The van der Waals surface area contributed by atoms with Crippen molar-refractivity contribution in [2.45, 2.75) is 13.2 Å². The second kappa shape index (κ2) is 3.31. The Labute approximate surface area is 81.7 Å². The molecule has 0 bridgehead atoms. The van der Waals surface area contributed by atoms with Crippen LogP contribution in [0.4, 0.5) is 5.69 Å². The van der Waals surface area contributed by atoms with Gasteiger partial charge in [-0.2, -0.15) is 0 Å². The van der Waals surface area contributed by atoms with E-state index in [4.69, 9.17) is 4.74 Å². The van der Waals surface area contributed by atoms with Crippen LogP contribution in [0, 0.1) is 0 Å². The Bertz CT molecular complexity index is 364. The van der Waals surface area contributed by atoms with Gasteiger partial charge < -0.3 is 9.84 Å². The van der Waals surface area contributed by atoms with Crippen LogP contribution < -0.4 is 9.64 Å². The van der Waals surface area contributed by atoms with Crippen LogP contribution in [-0.4, -0.2) is 23.8 Å². The highest BCUT2D eigenvalue weighted by Gasteiger charge is 2.28. The number of rotatable bonds is 0. The van der Waals surface area contributed by atoms with Crippen molar-refractivity contribution < 1.29 is 14.6 Å². The molecule has 4 nitrogen and oxygen atoms in total. The zero-order valence-corrected chi connectivity index (χ0v) is 7.80. The van der Waals surface area contributed by atoms with Crippen molar-refractivity contribution in [3.8, 4) is 5.75 Å². The Kier molecular flexibility index (Phi) is 2.13. The Hall–Kier alpha value is -1.55. The number of carbonyl (C=O) groups excluding carboxylic acids is 1. The van der Waals surface area contributed by atoms with Crippen molar-refractivity contribution in [2.75, 3.05) is 11.5 Å². The molecule has 0 aromatic heterocycles. The number of para-hydroxylation sites is 2. The van der Waals surface area contributed by atoms with E-state index >= 15 is 0 Å². The fraction of sp³-hybridized carbons (Fsp3) is 0.300. The van der Waals surface area contributed by atoms with Crippen molar-refractivity contribution in [3.63, 3.8) is 0 Å². The van der Waals surface area contributed by atoms with E-state index in [1.165, 1.54) is 11.8 Å². The zero-order valence-electron chi connectivity index (χ0n) is 7.80. The molecule has 14 heavy (non-hydrogen) atoms. The molecule has 1 aromatic carbocycles. The molecule has 1 heterocycles. The number of hydrogen-bond donors (Lipinski definition) is 1. The van der Waals surface area contributed by atoms with E-state index in [2.05, 4.69) is 0 Å². The quantitative estimate of drug-likeness (QED) is 0.661. The SMILES string of the molecule is CC(=O)N1c2ccccc2OCC1O. The smallest absolute Gasteiger partial charge is 0.226 e. The van der Waals surface area contributed by atoms with Gasteiger partial charge >= 0.3 is 0 Å². The Morgan fingerprint density at radius 2 is 2.29 bits per heavy atom. The van der Waals surface area contributed by atoms with Gasteiger partial charge in [-0.05, 0) is 12.1 Å². The van der Waals surface area contributed by atoms with E-state index in [0.717, 1.165) is 0 Å². The van der Waals surface area contributed by atoms with Crippen LogP contribution in [0.3, 0.4) is 0 Å². The minimum Gasteiger partial charge on any atom is -0.487 e. The molecule has 0 saturated heterocycles. The van der Waals surface area contributed by atoms with Gasteiger partial charge in [-0.25, -0.2) is 0 Å². The molecule has 0 spiro atoms. The van der Waals surface area contributed by atoms with Crippen LogP contribution in [0.1, 0.15) is 6.92 Å². The maximum atomic E-state index is 11.3. The Balaban J connectivity index is 2.46. The number of anilines is 1. The van der Waals surface area contributed by atoms with E-state index in [0.29, 0.717) is 11.4 Å². The van der Waals surface area contributed by atoms with E-state index < -0.39 is 6.23 Å². The van der Waals surface area contributed by atoms with Crippen molar-refractivity contribution in [1.82, 2.24) is 0 Å². The van der Waals surface area contributed by atoms with Crippen LogP contribution in [0.25, 0.3) is 0 Å². The predicted molar refractivity (Wildman–Crippen MR) is 51.1 cm³/mol. The van der Waals surface area contributed by atoms with Gasteiger partial charge in [-0.1, -0.05) is 12.1 Å². The topological polar surface area (TPSA) is 49.8 Å². The molecule has 1 aliphatic rings. The maximum absolute atomic E-state index is 11.3. The maximum Gasteiger partial charge on any atom is 0.226 e. The summed E-state index contributed by atoms with van der Waals surface area (Å²) in [6.45, 7) is 1.54. The molecule has 0 saturated carbocycles. The Morgan fingerprint density at radius 3 is 3.00 bits per heavy atom. The lowest BCUT2D eigenvalue weighted by atomic mass is 10.2. The average molecular weight is 193 g/mol. The van der Waals surface area contributed by atoms with Crippen LogP contribution >= 0.6 is 0 Å². The summed E-state index contributed by atoms with van der Waals surface area (Å²) in [6.07, 6.45) is -0.887. The van der Waals surface area contributed by atoms with Gasteiger partial charge in [0.1, 0.15) is 12.4 Å². The van der Waals surface area contributed by atoms with Gasteiger partial charge in [0.25, 0.3) is 0 Å². The Morgan fingerprint density at radius 1 is 1.57 bits per heavy atom. The molecule has 1 amide bonds. The highest BCUT2D eigenvalue weighted by Crippen LogP contribution is 2.32. The molecule has 2 rings (SSSR count). The molecular formula is C10H11NO3. The summed E-state index contributed by atoms with van der Waals surface area (Å²) in [4.78, 5) is 12.6. The minimum atomic E-state index is -0.887. The van der Waals surface area contributed by atoms with Gasteiger partial charge in [0.15, 0.2) is 6.23 Å². The van der Waals surface area contributed by atoms with Gasteiger partial charge in [0, 0.05) is 6.92 Å². The lowest BCUT2D eigenvalue weighted by Crippen LogP contribution is -2.45. The first-order chi connectivity index (χ1) is 6.70. The number of fused-ring (bicyclic) bond motifs is 1. The largest absolute Gasteiger partial charge is 0.487 e. The number of hydrogen-bond acceptors (Lipinski definition) is 3. The predicted octanol–water partition coefficient (Wildman–Crippen LogP) is 0.750. The summed E-state index contributed by atoms with van der Waals surface area (Å²) in [5.41, 5.74) is 0.624. The summed E-state index contributed by atoms with van der Waals surface area (Å²) in [7, 11) is 0. The molecule has 0 radical (unpaired) electrons. The fourth-order valence-corrected chi connectivity index (χ4v) is 1.56. The molecule has 74 valence electrons. The number of ether oxygens (including phenoxy) is 1. The third-order valence-electron chi connectivity index (χ3n) is 2.15. The second-order valence-corrected chi connectivity index (χ2v) is 3.15. The third-order valence-corrected chi connectivity index (χ3v) is 2.15. The molecule has 1 N–H and O–H groups in total. The molecule has 1 aromatic rings. The summed E-state index contributed by atoms with van der Waals surface area (Å²) in [5.74, 6) is 0.446. The highest BCUT2D eigenvalue weighted by molar-refractivity contribution is 5.93. The standard InChI is InChI=1S/C10H11NO3/c1-7(12)11-8-4-2-3-5-9(8)14-6-10(11)13/h2-5,10,13H,6H2,1H3. The molecular weight excluding hydrogens is 182 g/mol. The normalized spacial score (nSPS) is 19.9. The molecule has 0 fully saturated rings. The van der Waals surface area contributed by atoms with Crippen molar-refractivity contribution >= 4 is 11.6 Å². The van der Waals surface area contributed by atoms with Crippen LogP contribution in [0.5, 0.6) is 5.75 Å². The van der Waals surface area contributed by atoms with Crippen LogP contribution in [0.2, 0.25) is 0 Å². The van der Waals surface area contributed by atoms with Gasteiger partial charge in [0.05, 0.1) is 5.69 Å². The summed E-state index contributed by atoms with van der Waals surface area (Å²) in [6, 6.07) is 7.15. The van der Waals surface area contributed by atoms with Gasteiger partial charge in [-0.3, -0.25) is 9.69 Å². The molecule has 4 heteroatoms. The third kappa shape index (κ3) is 1.33. The minimum absolute atomic E-state index is 0.122. The second-order valence-electron chi connectivity index (χ2n) is 3.15. The lowest BCUT2D eigenvalue weighted by molar-refractivity contribution is -0.119. The van der Waals surface area contributed by atoms with E-state index in [-0.39, 0.29) is 12.5 Å². The molecule has 1 atom stereocenters. The number of nitrogens with zero attached hydrogens (tertiary/aromatic N) is 1. The number of amides is 1. The monoisotopic (exact) mass is 193 g/mol. The van der Waals surface area contributed by atoms with Crippen molar-refractivity contribution in [3.05, 3.63) is 24.3 Å². The van der Waals surface area contributed by atoms with Crippen molar-refractivity contribution in [2.24, 2.45) is 0 Å². The van der Waals surface area contributed by atoms with E-state index in [1.807, 2.05) is 6.07 Å². The molecule has 1 aliphatic heterocycles. The number of benzene rings is 1. The van der Waals surface area contributed by atoms with Gasteiger partial charge in [0.2, 0.25) is 5.91 Å². The van der Waals surface area contributed by atoms with Crippen LogP contribution in [0.15, 0.2) is 24.3 Å². The van der Waals surface area contributed by atoms with Crippen LogP contribution in [-0.2, 0) is 4.79 Å². The van der Waals surface area contributed by atoms with Crippen molar-refractivity contribution in [1.29, 1.82) is 0 Å². The van der Waals surface area contributed by atoms with E-state index in [1.54, 1.807) is 18.2 Å². The average Bonchev–Trinajstić information content (AvgIpc) is 2.17. The number of aliphatic hydroxyl groups is 1. The van der Waals surface area contributed by atoms with Gasteiger partial charge in [-0.15, -0.1) is 0 Å². The number of carbonyl (C=O) groups is 1. The highest BCUT2D eigenvalue weighted by atomic mass is 16.5. The zero-order chi connectivity index (χ0) is 10.1. The summed E-state index contributed by atoms with van der Waals surface area (Å²) in [5, 5.41) is 9.57. The first kappa shape index (κ1) is 9.02. The fourth-order valence-electron chi connectivity index (χ4n) is 1.56. The lowest BCUT2D eigenvalue weighted by Gasteiger charge is -2.32. The summed E-state index contributed by atoms with van der Waals surface area (Å²) >= 11 is 0. The van der Waals surface area contributed by atoms with E-state index in [9.17, 15) is 9.90 Å². The molecule has 0 aliphatic carbocycles. The first-order valence-corrected chi connectivity index (χ1v) is 4.40. The number of aliphatic hydroxyl groups excluding tert-OH is 1.